The molecule has 0 aliphatic carbocycles. The van der Waals surface area contributed by atoms with Crippen molar-refractivity contribution in [3.05, 3.63) is 84.7 Å². The van der Waals surface area contributed by atoms with Crippen LogP contribution < -0.4 is 10.1 Å². The Bertz CT molecular complexity index is 1210. The average Bonchev–Trinajstić information content (AvgIpc) is 3.28. The highest BCUT2D eigenvalue weighted by Gasteiger charge is 2.23. The number of benzene rings is 2. The second kappa shape index (κ2) is 9.23. The van der Waals surface area contributed by atoms with Gasteiger partial charge in [-0.15, -0.1) is 10.2 Å². The summed E-state index contributed by atoms with van der Waals surface area (Å²) in [5, 5.41) is 12.5. The van der Waals surface area contributed by atoms with Gasteiger partial charge in [-0.3, -0.25) is 14.3 Å². The Balaban J connectivity index is 1.35. The quantitative estimate of drug-likeness (QED) is 0.453. The molecule has 8 heteroatoms. The molecule has 1 amide bonds. The highest BCUT2D eigenvalue weighted by molar-refractivity contribution is 7.99. The van der Waals surface area contributed by atoms with E-state index in [1.807, 2.05) is 71.3 Å². The van der Waals surface area contributed by atoms with Crippen LogP contribution in [0.25, 0.3) is 17.1 Å². The maximum atomic E-state index is 12.8. The van der Waals surface area contributed by atoms with Crippen LogP contribution >= 0.6 is 11.8 Å². The molecule has 0 spiro atoms. The third-order valence-electron chi connectivity index (χ3n) is 5.19. The lowest BCUT2D eigenvalue weighted by Crippen LogP contribution is -2.33. The van der Waals surface area contributed by atoms with Crippen molar-refractivity contribution in [1.29, 1.82) is 0 Å². The van der Waals surface area contributed by atoms with Gasteiger partial charge in [0.05, 0.1) is 18.4 Å². The monoisotopic (exact) mass is 443 g/mol. The molecule has 1 N–H and O–H groups in total. The molecule has 4 aromatic rings. The number of carbonyl (C=O) groups is 1. The van der Waals surface area contributed by atoms with E-state index in [0.717, 1.165) is 29.0 Å². The van der Waals surface area contributed by atoms with Crippen LogP contribution in [0.4, 0.5) is 0 Å². The van der Waals surface area contributed by atoms with Crippen molar-refractivity contribution in [3.8, 4) is 22.8 Å². The van der Waals surface area contributed by atoms with E-state index in [1.54, 1.807) is 12.4 Å². The first-order chi connectivity index (χ1) is 15.8. The highest BCUT2D eigenvalue weighted by Crippen LogP contribution is 2.32. The molecule has 1 aliphatic heterocycles. The number of aromatic nitrogens is 4. The first kappa shape index (κ1) is 20.3. The van der Waals surface area contributed by atoms with E-state index in [1.165, 1.54) is 11.8 Å². The minimum atomic E-state index is -0.0535. The van der Waals surface area contributed by atoms with Crippen molar-refractivity contribution in [1.82, 2.24) is 25.1 Å². The number of amides is 1. The molecule has 160 valence electrons. The molecule has 0 bridgehead atoms. The molecule has 0 saturated heterocycles. The van der Waals surface area contributed by atoms with Crippen LogP contribution in [0.1, 0.15) is 18.0 Å². The standard InChI is InChI=1S/C24H21N5O2S/c30-22(26-20-12-14-31-21-11-5-4-10-19(20)21)16-32-24-28-27-23(17-7-6-13-25-15-17)29(24)18-8-2-1-3-9-18/h1-11,13,15,20H,12,14,16H2,(H,26,30)/t20-/m1/s1. The number of nitrogens with zero attached hydrogens (tertiary/aromatic N) is 4. The van der Waals surface area contributed by atoms with Crippen molar-refractivity contribution in [2.45, 2.75) is 17.6 Å². The lowest BCUT2D eigenvalue weighted by atomic mass is 10.0. The van der Waals surface area contributed by atoms with Crippen LogP contribution in [0, 0.1) is 0 Å². The number of pyridine rings is 1. The first-order valence-electron chi connectivity index (χ1n) is 10.3. The molecule has 2 aromatic carbocycles. The summed E-state index contributed by atoms with van der Waals surface area (Å²) in [5.74, 6) is 1.70. The molecule has 0 radical (unpaired) electrons. The van der Waals surface area contributed by atoms with Gasteiger partial charge in [0, 0.05) is 35.6 Å². The zero-order valence-electron chi connectivity index (χ0n) is 17.2. The van der Waals surface area contributed by atoms with Gasteiger partial charge in [0.25, 0.3) is 0 Å². The summed E-state index contributed by atoms with van der Waals surface area (Å²) in [7, 11) is 0. The maximum absolute atomic E-state index is 12.8. The number of fused-ring (bicyclic) bond motifs is 1. The molecule has 0 unspecified atom stereocenters. The Hall–Kier alpha value is -3.65. The van der Waals surface area contributed by atoms with Gasteiger partial charge in [0.15, 0.2) is 11.0 Å². The summed E-state index contributed by atoms with van der Waals surface area (Å²) in [6.07, 6.45) is 4.23. The van der Waals surface area contributed by atoms with Gasteiger partial charge in [-0.2, -0.15) is 0 Å². The Morgan fingerprint density at radius 3 is 2.75 bits per heavy atom. The van der Waals surface area contributed by atoms with Gasteiger partial charge in [-0.1, -0.05) is 48.2 Å². The predicted molar refractivity (Wildman–Crippen MR) is 123 cm³/mol. The fourth-order valence-electron chi connectivity index (χ4n) is 3.71. The van der Waals surface area contributed by atoms with Crippen LogP contribution in [0.2, 0.25) is 0 Å². The molecular formula is C24H21N5O2S. The minimum Gasteiger partial charge on any atom is -0.493 e. The molecule has 3 heterocycles. The van der Waals surface area contributed by atoms with E-state index in [9.17, 15) is 4.79 Å². The van der Waals surface area contributed by atoms with Gasteiger partial charge < -0.3 is 10.1 Å². The van der Waals surface area contributed by atoms with Gasteiger partial charge in [-0.05, 0) is 30.3 Å². The van der Waals surface area contributed by atoms with Gasteiger partial charge in [0.2, 0.25) is 5.91 Å². The van der Waals surface area contributed by atoms with Gasteiger partial charge >= 0.3 is 0 Å². The van der Waals surface area contributed by atoms with Crippen molar-refractivity contribution in [2.75, 3.05) is 12.4 Å². The zero-order chi connectivity index (χ0) is 21.8. The highest BCUT2D eigenvalue weighted by atomic mass is 32.2. The fraction of sp³-hybridized carbons (Fsp3) is 0.167. The van der Waals surface area contributed by atoms with Crippen molar-refractivity contribution >= 4 is 17.7 Å². The van der Waals surface area contributed by atoms with E-state index in [0.29, 0.717) is 17.6 Å². The lowest BCUT2D eigenvalue weighted by molar-refractivity contribution is -0.119. The second-order valence-electron chi connectivity index (χ2n) is 7.30. The molecule has 7 nitrogen and oxygen atoms in total. The Labute approximate surface area is 189 Å². The summed E-state index contributed by atoms with van der Waals surface area (Å²) in [6, 6.07) is 21.5. The van der Waals surface area contributed by atoms with Crippen LogP contribution in [-0.2, 0) is 4.79 Å². The van der Waals surface area contributed by atoms with E-state index in [4.69, 9.17) is 4.74 Å². The maximum Gasteiger partial charge on any atom is 0.230 e. The molecule has 1 aliphatic rings. The molecule has 5 rings (SSSR count). The van der Waals surface area contributed by atoms with Crippen LogP contribution in [0.15, 0.2) is 84.3 Å². The van der Waals surface area contributed by atoms with E-state index in [-0.39, 0.29) is 17.7 Å². The summed E-state index contributed by atoms with van der Waals surface area (Å²) >= 11 is 1.36. The number of thioether (sulfide) groups is 1. The lowest BCUT2D eigenvalue weighted by Gasteiger charge is -2.26. The molecule has 2 aromatic heterocycles. The first-order valence-corrected chi connectivity index (χ1v) is 11.3. The van der Waals surface area contributed by atoms with Crippen LogP contribution in [0.3, 0.4) is 0 Å². The average molecular weight is 444 g/mol. The third kappa shape index (κ3) is 4.22. The van der Waals surface area contributed by atoms with Crippen LogP contribution in [0.5, 0.6) is 5.75 Å². The second-order valence-corrected chi connectivity index (χ2v) is 8.25. The smallest absolute Gasteiger partial charge is 0.230 e. The Kier molecular flexibility index (Phi) is 5.85. The number of rotatable bonds is 6. The summed E-state index contributed by atoms with van der Waals surface area (Å²) in [6.45, 7) is 0.589. The molecule has 0 saturated carbocycles. The molecule has 0 fully saturated rings. The fourth-order valence-corrected chi connectivity index (χ4v) is 4.48. The van der Waals surface area contributed by atoms with E-state index < -0.39 is 0 Å². The Morgan fingerprint density at radius 1 is 1.06 bits per heavy atom. The zero-order valence-corrected chi connectivity index (χ0v) is 18.0. The SMILES string of the molecule is O=C(CSc1nnc(-c2cccnc2)n1-c1ccccc1)N[C@@H]1CCOc2ccccc21. The normalized spacial score (nSPS) is 14.9. The third-order valence-corrected chi connectivity index (χ3v) is 6.12. The Morgan fingerprint density at radius 2 is 1.91 bits per heavy atom. The summed E-state index contributed by atoms with van der Waals surface area (Å²) in [5.41, 5.74) is 2.81. The molecule has 32 heavy (non-hydrogen) atoms. The predicted octanol–water partition coefficient (Wildman–Crippen LogP) is 4.06. The molecule has 1 atom stereocenters. The largest absolute Gasteiger partial charge is 0.493 e. The number of hydrogen-bond donors (Lipinski definition) is 1. The van der Waals surface area contributed by atoms with Crippen LogP contribution in [-0.4, -0.2) is 38.0 Å². The minimum absolute atomic E-state index is 0.0500. The van der Waals surface area contributed by atoms with E-state index >= 15 is 0 Å². The topological polar surface area (TPSA) is 81.9 Å². The number of para-hydroxylation sites is 2. The number of carbonyl (C=O) groups excluding carboxylic acids is 1. The van der Waals surface area contributed by atoms with Gasteiger partial charge in [0.1, 0.15) is 5.75 Å². The van der Waals surface area contributed by atoms with Gasteiger partial charge in [-0.25, -0.2) is 0 Å². The van der Waals surface area contributed by atoms with E-state index in [2.05, 4.69) is 20.5 Å². The number of hydrogen-bond acceptors (Lipinski definition) is 6. The van der Waals surface area contributed by atoms with Crippen molar-refractivity contribution in [3.63, 3.8) is 0 Å². The number of ether oxygens (including phenoxy) is 1. The van der Waals surface area contributed by atoms with Crippen molar-refractivity contribution < 1.29 is 9.53 Å². The summed E-state index contributed by atoms with van der Waals surface area (Å²) < 4.78 is 7.65. The number of nitrogens with one attached hydrogen (secondary N) is 1. The summed E-state index contributed by atoms with van der Waals surface area (Å²) in [4.78, 5) is 17.0. The molecular weight excluding hydrogens is 422 g/mol. The van der Waals surface area contributed by atoms with Crippen molar-refractivity contribution in [2.24, 2.45) is 0 Å².